The van der Waals surface area contributed by atoms with Crippen molar-refractivity contribution in [3.63, 3.8) is 0 Å². The van der Waals surface area contributed by atoms with Crippen LogP contribution in [0.2, 0.25) is 0 Å². The molecule has 3 aromatic heterocycles. The standard InChI is InChI=1S/C25H31N5O5/c1-24(2,3)35-23(32)29-12-13-34-20-16(15-29)9-10-26-19(20)21(31)28-25(4,5)22-27-14-17-18(33-6)8-7-11-30(17)22/h7-11,14H,12-13,15H2,1-6H3,(H,28,31). The third-order valence-electron chi connectivity index (χ3n) is 5.56. The van der Waals surface area contributed by atoms with Crippen molar-refractivity contribution < 1.29 is 23.8 Å². The van der Waals surface area contributed by atoms with Gasteiger partial charge in [0.2, 0.25) is 0 Å². The fourth-order valence-corrected chi connectivity index (χ4v) is 3.99. The molecule has 35 heavy (non-hydrogen) atoms. The minimum absolute atomic E-state index is 0.153. The van der Waals surface area contributed by atoms with E-state index >= 15 is 0 Å². The van der Waals surface area contributed by atoms with Gasteiger partial charge in [-0.15, -0.1) is 0 Å². The van der Waals surface area contributed by atoms with Crippen LogP contribution in [0.15, 0.2) is 36.8 Å². The number of hydrogen-bond donors (Lipinski definition) is 1. The number of rotatable bonds is 4. The van der Waals surface area contributed by atoms with E-state index in [1.807, 2.05) is 57.3 Å². The quantitative estimate of drug-likeness (QED) is 0.607. The van der Waals surface area contributed by atoms with Crippen molar-refractivity contribution >= 4 is 17.5 Å². The fourth-order valence-electron chi connectivity index (χ4n) is 3.99. The second-order valence-corrected chi connectivity index (χ2v) is 9.89. The lowest BCUT2D eigenvalue weighted by Crippen LogP contribution is -2.43. The Labute approximate surface area is 204 Å². The molecule has 10 nitrogen and oxygen atoms in total. The van der Waals surface area contributed by atoms with Gasteiger partial charge in [-0.1, -0.05) is 0 Å². The average Bonchev–Trinajstić information content (AvgIpc) is 3.11. The summed E-state index contributed by atoms with van der Waals surface area (Å²) in [6.45, 7) is 9.99. The predicted octanol–water partition coefficient (Wildman–Crippen LogP) is 3.53. The Balaban J connectivity index is 1.59. The molecule has 0 aliphatic carbocycles. The van der Waals surface area contributed by atoms with E-state index in [0.29, 0.717) is 29.4 Å². The molecule has 0 spiro atoms. The lowest BCUT2D eigenvalue weighted by molar-refractivity contribution is 0.0225. The van der Waals surface area contributed by atoms with Crippen molar-refractivity contribution in [2.75, 3.05) is 20.3 Å². The molecule has 1 aliphatic heterocycles. The molecule has 0 fully saturated rings. The molecule has 0 bridgehead atoms. The largest absolute Gasteiger partial charge is 0.494 e. The molecule has 0 aromatic carbocycles. The number of aromatic nitrogens is 3. The van der Waals surface area contributed by atoms with Gasteiger partial charge in [0.15, 0.2) is 11.4 Å². The third kappa shape index (κ3) is 5.01. The number of imidazole rings is 1. The molecule has 4 heterocycles. The SMILES string of the molecule is COc1cccn2c(C(C)(C)NC(=O)c3nccc4c3OCCN(C(=O)OC(C)(C)C)C4)ncc12. The van der Waals surface area contributed by atoms with Gasteiger partial charge in [-0.25, -0.2) is 14.8 Å². The topological polar surface area (TPSA) is 107 Å². The van der Waals surface area contributed by atoms with Gasteiger partial charge >= 0.3 is 6.09 Å². The van der Waals surface area contributed by atoms with Gasteiger partial charge in [-0.05, 0) is 52.8 Å². The Morgan fingerprint density at radius 3 is 2.63 bits per heavy atom. The Morgan fingerprint density at radius 2 is 1.91 bits per heavy atom. The summed E-state index contributed by atoms with van der Waals surface area (Å²) in [6.07, 6.45) is 4.69. The summed E-state index contributed by atoms with van der Waals surface area (Å²) >= 11 is 0. The molecule has 3 aromatic rings. The number of methoxy groups -OCH3 is 1. The Hall–Kier alpha value is -3.82. The molecule has 0 saturated heterocycles. The zero-order valence-corrected chi connectivity index (χ0v) is 20.9. The normalized spacial score (nSPS) is 14.1. The molecule has 1 aliphatic rings. The van der Waals surface area contributed by atoms with Crippen molar-refractivity contribution in [3.8, 4) is 11.5 Å². The molecule has 186 valence electrons. The number of fused-ring (bicyclic) bond motifs is 2. The van der Waals surface area contributed by atoms with Crippen LogP contribution in [0, 0.1) is 0 Å². The maximum absolute atomic E-state index is 13.4. The van der Waals surface area contributed by atoms with Crippen LogP contribution < -0.4 is 14.8 Å². The molecule has 0 saturated carbocycles. The number of hydrogen-bond acceptors (Lipinski definition) is 7. The molecule has 2 amide bonds. The second-order valence-electron chi connectivity index (χ2n) is 9.89. The van der Waals surface area contributed by atoms with Crippen molar-refractivity contribution in [3.05, 3.63) is 53.9 Å². The van der Waals surface area contributed by atoms with Crippen molar-refractivity contribution in [2.24, 2.45) is 0 Å². The molecule has 0 radical (unpaired) electrons. The number of pyridine rings is 2. The Bertz CT molecular complexity index is 1260. The van der Waals surface area contributed by atoms with E-state index in [2.05, 4.69) is 15.3 Å². The van der Waals surface area contributed by atoms with Gasteiger partial charge in [0.25, 0.3) is 5.91 Å². The zero-order valence-electron chi connectivity index (χ0n) is 20.9. The molecular weight excluding hydrogens is 450 g/mol. The second kappa shape index (κ2) is 9.09. The van der Waals surface area contributed by atoms with Gasteiger partial charge < -0.3 is 24.4 Å². The summed E-state index contributed by atoms with van der Waals surface area (Å²) in [5.41, 5.74) is 0.184. The van der Waals surface area contributed by atoms with E-state index < -0.39 is 23.1 Å². The predicted molar refractivity (Wildman–Crippen MR) is 129 cm³/mol. The first-order valence-electron chi connectivity index (χ1n) is 11.4. The van der Waals surface area contributed by atoms with Gasteiger partial charge in [0.1, 0.15) is 29.3 Å². The van der Waals surface area contributed by atoms with E-state index in [1.54, 1.807) is 30.5 Å². The fraction of sp³-hybridized carbons (Fsp3) is 0.440. The van der Waals surface area contributed by atoms with Gasteiger partial charge in [0, 0.05) is 18.0 Å². The lowest BCUT2D eigenvalue weighted by Gasteiger charge is -2.26. The van der Waals surface area contributed by atoms with E-state index in [0.717, 1.165) is 5.52 Å². The monoisotopic (exact) mass is 481 g/mol. The summed E-state index contributed by atoms with van der Waals surface area (Å²) < 4.78 is 18.7. The lowest BCUT2D eigenvalue weighted by atomic mass is 10.0. The van der Waals surface area contributed by atoms with Crippen molar-refractivity contribution in [1.29, 1.82) is 0 Å². The number of nitrogens with one attached hydrogen (secondary N) is 1. The number of carbonyl (C=O) groups excluding carboxylic acids is 2. The third-order valence-corrected chi connectivity index (χ3v) is 5.56. The first-order chi connectivity index (χ1) is 16.5. The van der Waals surface area contributed by atoms with E-state index in [1.165, 1.54) is 0 Å². The first kappa shape index (κ1) is 24.3. The van der Waals surface area contributed by atoms with E-state index in [9.17, 15) is 9.59 Å². The van der Waals surface area contributed by atoms with Crippen LogP contribution in [0.1, 0.15) is 56.5 Å². The summed E-state index contributed by atoms with van der Waals surface area (Å²) in [5.74, 6) is 1.28. The first-order valence-corrected chi connectivity index (χ1v) is 11.4. The molecule has 10 heteroatoms. The summed E-state index contributed by atoms with van der Waals surface area (Å²) in [6, 6.07) is 5.46. The molecule has 1 N–H and O–H groups in total. The Kier molecular flexibility index (Phi) is 6.31. The maximum Gasteiger partial charge on any atom is 0.410 e. The van der Waals surface area contributed by atoms with Crippen LogP contribution >= 0.6 is 0 Å². The van der Waals surface area contributed by atoms with Crippen LogP contribution in [-0.2, 0) is 16.8 Å². The van der Waals surface area contributed by atoms with E-state index in [-0.39, 0.29) is 18.8 Å². The summed E-state index contributed by atoms with van der Waals surface area (Å²) in [5, 5.41) is 3.03. The van der Waals surface area contributed by atoms with E-state index in [4.69, 9.17) is 14.2 Å². The minimum atomic E-state index is -0.840. The van der Waals surface area contributed by atoms with Gasteiger partial charge in [-0.2, -0.15) is 0 Å². The zero-order chi connectivity index (χ0) is 25.4. The molecule has 4 rings (SSSR count). The number of ether oxygens (including phenoxy) is 3. The summed E-state index contributed by atoms with van der Waals surface area (Å²) in [7, 11) is 1.60. The number of amides is 2. The average molecular weight is 482 g/mol. The smallest absolute Gasteiger partial charge is 0.410 e. The van der Waals surface area contributed by atoms with Gasteiger partial charge in [0.05, 0.1) is 31.9 Å². The Morgan fingerprint density at radius 1 is 1.14 bits per heavy atom. The van der Waals surface area contributed by atoms with Crippen LogP contribution in [0.5, 0.6) is 11.5 Å². The maximum atomic E-state index is 13.4. The van der Waals surface area contributed by atoms with Crippen molar-refractivity contribution in [2.45, 2.75) is 52.3 Å². The van der Waals surface area contributed by atoms with Crippen LogP contribution in [0.4, 0.5) is 4.79 Å². The molecular formula is C25H31N5O5. The highest BCUT2D eigenvalue weighted by molar-refractivity contribution is 5.96. The van der Waals surface area contributed by atoms with Crippen molar-refractivity contribution in [1.82, 2.24) is 24.6 Å². The molecule has 0 atom stereocenters. The van der Waals surface area contributed by atoms with Crippen LogP contribution in [0.3, 0.4) is 0 Å². The molecule has 0 unspecified atom stereocenters. The van der Waals surface area contributed by atoms with Gasteiger partial charge in [-0.3, -0.25) is 9.20 Å². The highest BCUT2D eigenvalue weighted by Crippen LogP contribution is 2.29. The number of carbonyl (C=O) groups is 2. The van der Waals surface area contributed by atoms with Crippen LogP contribution in [-0.4, -0.2) is 57.1 Å². The highest BCUT2D eigenvalue weighted by atomic mass is 16.6. The minimum Gasteiger partial charge on any atom is -0.494 e. The van der Waals surface area contributed by atoms with Crippen LogP contribution in [0.25, 0.3) is 5.52 Å². The summed E-state index contributed by atoms with van der Waals surface area (Å²) in [4.78, 5) is 36.4. The highest BCUT2D eigenvalue weighted by Gasteiger charge is 2.32. The number of nitrogens with zero attached hydrogens (tertiary/aromatic N) is 4.